The van der Waals surface area contributed by atoms with Crippen molar-refractivity contribution < 1.29 is 55.6 Å². The van der Waals surface area contributed by atoms with E-state index in [2.05, 4.69) is 19.1 Å². The van der Waals surface area contributed by atoms with Crippen LogP contribution in [-0.2, 0) is 4.79 Å². The first kappa shape index (κ1) is 42.0. The first-order chi connectivity index (χ1) is 17.1. The van der Waals surface area contributed by atoms with Crippen LogP contribution in [0.1, 0.15) is 96.8 Å². The number of unbranched alkanes of at least 4 members (excludes halogenated alkanes) is 11. The highest BCUT2D eigenvalue weighted by Crippen LogP contribution is 2.09. The Morgan fingerprint density at radius 1 is 0.639 bits per heavy atom. The van der Waals surface area contributed by atoms with E-state index in [-0.39, 0.29) is 26.4 Å². The summed E-state index contributed by atoms with van der Waals surface area (Å²) in [4.78, 5) is 10.3. The minimum atomic E-state index is -2.17. The quantitative estimate of drug-likeness (QED) is 0.0639. The molecule has 0 heterocycles. The Morgan fingerprint density at radius 3 is 1.22 bits per heavy atom. The molecule has 218 valence electrons. The average molecular weight is 528 g/mol. The molecule has 0 fully saturated rings. The normalized spacial score (nSPS) is 10.3. The van der Waals surface area contributed by atoms with Gasteiger partial charge in [-0.2, -0.15) is 0 Å². The number of aliphatic hydroxyl groups is 6. The fourth-order valence-corrected chi connectivity index (χ4v) is 2.46. The van der Waals surface area contributed by atoms with Crippen molar-refractivity contribution in [2.24, 2.45) is 0 Å². The van der Waals surface area contributed by atoms with Crippen molar-refractivity contribution in [1.82, 2.24) is 0 Å². The van der Waals surface area contributed by atoms with Gasteiger partial charge in [0.1, 0.15) is 12.2 Å². The fraction of sp³-hybridized carbons (Fsp3) is 0.875. The molecule has 0 rings (SSSR count). The van der Waals surface area contributed by atoms with Crippen LogP contribution in [0.5, 0.6) is 0 Å². The van der Waals surface area contributed by atoms with Crippen LogP contribution in [0.15, 0.2) is 12.2 Å². The van der Waals surface area contributed by atoms with Crippen LogP contribution >= 0.6 is 0 Å². The maximum absolute atomic E-state index is 10.3. The van der Waals surface area contributed by atoms with Crippen molar-refractivity contribution in [3.05, 3.63) is 12.2 Å². The van der Waals surface area contributed by atoms with E-state index < -0.39 is 25.5 Å². The minimum Gasteiger partial charge on any atom is -0.481 e. The highest BCUT2D eigenvalue weighted by Gasteiger charge is 1.96. The third-order valence-corrected chi connectivity index (χ3v) is 4.50. The molecule has 0 atom stereocenters. The van der Waals surface area contributed by atoms with Crippen LogP contribution in [-0.4, -0.2) is 103 Å². The molecule has 0 radical (unpaired) electrons. The molecule has 0 spiro atoms. The van der Waals surface area contributed by atoms with Gasteiger partial charge in [-0.1, -0.05) is 70.4 Å². The van der Waals surface area contributed by atoms with Crippen LogP contribution < -0.4 is 0 Å². The van der Waals surface area contributed by atoms with E-state index in [1.807, 2.05) is 0 Å². The predicted octanol–water partition coefficient (Wildman–Crippen LogP) is 0.720. The van der Waals surface area contributed by atoms with Gasteiger partial charge >= 0.3 is 13.3 Å². The zero-order chi connectivity index (χ0) is 28.5. The first-order valence-electron chi connectivity index (χ1n) is 12.8. The summed E-state index contributed by atoms with van der Waals surface area (Å²) in [6.45, 7) is 0.800. The molecular formula is C24H53BO11. The summed E-state index contributed by atoms with van der Waals surface area (Å²) in [5, 5.41) is 78.0. The third-order valence-electron chi connectivity index (χ3n) is 4.50. The lowest BCUT2D eigenvalue weighted by Crippen LogP contribution is -2.15. The standard InChI is InChI=1S/C18H34O2.2C3H8O3.BH3O3/c1-2-3-4-5-6-7-8-9-10-11-12-13-14-15-16-17-18(19)20;2*4-1-3(6)2-5;2-1(3)4/h9-10H,2-8,11-17H2,1H3,(H,19,20);2*3-6H,1-2H2;2-4H/b10-9-;;;. The Bertz CT molecular complexity index is 406. The molecule has 0 aromatic rings. The SMILES string of the molecule is CCCCCCCC/C=C\CCCCCCCC(=O)O.OB(O)O.OCC(O)CO.OCC(O)CO. The zero-order valence-electron chi connectivity index (χ0n) is 22.0. The number of carbonyl (C=O) groups is 1. The van der Waals surface area contributed by atoms with E-state index in [0.29, 0.717) is 6.42 Å². The highest BCUT2D eigenvalue weighted by atomic mass is 16.5. The zero-order valence-corrected chi connectivity index (χ0v) is 22.0. The van der Waals surface area contributed by atoms with Crippen LogP contribution in [0.3, 0.4) is 0 Å². The molecule has 36 heavy (non-hydrogen) atoms. The monoisotopic (exact) mass is 528 g/mol. The summed E-state index contributed by atoms with van der Waals surface area (Å²) < 4.78 is 0. The lowest BCUT2D eigenvalue weighted by Gasteiger charge is -1.99. The summed E-state index contributed by atoms with van der Waals surface area (Å²) in [5.41, 5.74) is 0. The molecule has 0 saturated heterocycles. The van der Waals surface area contributed by atoms with Gasteiger partial charge in [-0.3, -0.25) is 4.79 Å². The van der Waals surface area contributed by atoms with E-state index in [1.165, 1.54) is 70.6 Å². The second kappa shape index (κ2) is 38.4. The van der Waals surface area contributed by atoms with Gasteiger partial charge < -0.3 is 50.8 Å². The molecule has 0 aliphatic rings. The molecule has 0 aliphatic carbocycles. The lowest BCUT2D eigenvalue weighted by molar-refractivity contribution is -0.137. The van der Waals surface area contributed by atoms with E-state index in [0.717, 1.165) is 12.8 Å². The molecule has 0 amide bonds. The number of aliphatic hydroxyl groups excluding tert-OH is 6. The van der Waals surface area contributed by atoms with Gasteiger partial charge in [-0.25, -0.2) is 0 Å². The first-order valence-corrected chi connectivity index (χ1v) is 12.8. The number of aliphatic carboxylic acids is 1. The summed E-state index contributed by atoms with van der Waals surface area (Å²) in [6.07, 6.45) is 19.3. The number of allylic oxidation sites excluding steroid dienone is 2. The predicted molar refractivity (Wildman–Crippen MR) is 140 cm³/mol. The molecule has 0 aromatic carbocycles. The van der Waals surface area contributed by atoms with Crippen LogP contribution in [0, 0.1) is 0 Å². The van der Waals surface area contributed by atoms with Crippen LogP contribution in [0.2, 0.25) is 0 Å². The summed E-state index contributed by atoms with van der Waals surface area (Å²) in [6, 6.07) is 0. The number of carboxylic acids is 1. The lowest BCUT2D eigenvalue weighted by atomic mass is 10.1. The number of hydrogen-bond donors (Lipinski definition) is 10. The summed E-state index contributed by atoms with van der Waals surface area (Å²) in [5.74, 6) is -0.664. The molecule has 0 bridgehead atoms. The van der Waals surface area contributed by atoms with Gasteiger partial charge in [0.2, 0.25) is 0 Å². The minimum absolute atomic E-state index is 0.332. The highest BCUT2D eigenvalue weighted by molar-refractivity contribution is 6.30. The Balaban J connectivity index is -0.000000258. The van der Waals surface area contributed by atoms with Gasteiger partial charge in [-0.15, -0.1) is 0 Å². The molecule has 0 aliphatic heterocycles. The molecule has 12 heteroatoms. The maximum atomic E-state index is 10.3. The van der Waals surface area contributed by atoms with Crippen molar-refractivity contribution in [2.75, 3.05) is 26.4 Å². The van der Waals surface area contributed by atoms with Crippen molar-refractivity contribution >= 4 is 13.3 Å². The molecular weight excluding hydrogens is 475 g/mol. The Morgan fingerprint density at radius 2 is 0.944 bits per heavy atom. The maximum Gasteiger partial charge on any atom is 0.631 e. The molecule has 0 aromatic heterocycles. The average Bonchev–Trinajstić information content (AvgIpc) is 2.85. The second-order valence-electron chi connectivity index (χ2n) is 8.11. The Labute approximate surface area is 216 Å². The number of rotatable bonds is 19. The molecule has 11 nitrogen and oxygen atoms in total. The number of hydrogen-bond acceptors (Lipinski definition) is 10. The molecule has 10 N–H and O–H groups in total. The topological polar surface area (TPSA) is 219 Å². The van der Waals surface area contributed by atoms with Gasteiger partial charge in [0.05, 0.1) is 26.4 Å². The van der Waals surface area contributed by atoms with Crippen molar-refractivity contribution in [3.63, 3.8) is 0 Å². The Hall–Kier alpha value is -1.09. The third kappa shape index (κ3) is 58.6. The number of carboxylic acid groups (broad SMARTS) is 1. The van der Waals surface area contributed by atoms with E-state index in [4.69, 9.17) is 50.8 Å². The summed E-state index contributed by atoms with van der Waals surface area (Å²) in [7, 11) is -2.17. The van der Waals surface area contributed by atoms with Gasteiger partial charge in [-0.05, 0) is 32.1 Å². The summed E-state index contributed by atoms with van der Waals surface area (Å²) >= 11 is 0. The van der Waals surface area contributed by atoms with Crippen LogP contribution in [0.4, 0.5) is 0 Å². The largest absolute Gasteiger partial charge is 0.631 e. The van der Waals surface area contributed by atoms with E-state index in [9.17, 15) is 4.79 Å². The van der Waals surface area contributed by atoms with Crippen molar-refractivity contribution in [1.29, 1.82) is 0 Å². The molecule has 0 unspecified atom stereocenters. The van der Waals surface area contributed by atoms with Gasteiger partial charge in [0.25, 0.3) is 0 Å². The van der Waals surface area contributed by atoms with Gasteiger partial charge in [0, 0.05) is 6.42 Å². The fourth-order valence-electron chi connectivity index (χ4n) is 2.46. The van der Waals surface area contributed by atoms with E-state index in [1.54, 1.807) is 0 Å². The van der Waals surface area contributed by atoms with Gasteiger partial charge in [0.15, 0.2) is 0 Å². The van der Waals surface area contributed by atoms with E-state index >= 15 is 0 Å². The Kier molecular flexibility index (Phi) is 44.9. The van der Waals surface area contributed by atoms with Crippen LogP contribution in [0.25, 0.3) is 0 Å². The second-order valence-corrected chi connectivity index (χ2v) is 8.11. The smallest absolute Gasteiger partial charge is 0.481 e. The molecule has 0 saturated carbocycles. The van der Waals surface area contributed by atoms with Crippen molar-refractivity contribution in [2.45, 2.75) is 109 Å². The van der Waals surface area contributed by atoms with Crippen molar-refractivity contribution in [3.8, 4) is 0 Å².